The molecule has 0 saturated heterocycles. The fraction of sp³-hybridized carbons (Fsp3) is 0.333. The van der Waals surface area contributed by atoms with Crippen LogP contribution in [0.2, 0.25) is 5.02 Å². The number of fused-ring (bicyclic) bond motifs is 1. The number of hydrogen-bond acceptors (Lipinski definition) is 4. The van der Waals surface area contributed by atoms with E-state index in [1.54, 1.807) is 43.3 Å². The number of benzene rings is 3. The molecular formula is C27H32ClN3O4S. The van der Waals surface area contributed by atoms with Gasteiger partial charge < -0.3 is 10.2 Å². The van der Waals surface area contributed by atoms with Crippen LogP contribution in [0.1, 0.15) is 26.3 Å². The molecule has 7 nitrogen and oxygen atoms in total. The van der Waals surface area contributed by atoms with E-state index in [0.717, 1.165) is 20.6 Å². The Morgan fingerprint density at radius 3 is 2.31 bits per heavy atom. The van der Waals surface area contributed by atoms with Crippen molar-refractivity contribution in [1.29, 1.82) is 0 Å². The Balaban J connectivity index is 1.83. The molecule has 3 aromatic rings. The molecule has 0 radical (unpaired) electrons. The molecular weight excluding hydrogens is 498 g/mol. The van der Waals surface area contributed by atoms with Crippen LogP contribution < -0.4 is 5.32 Å². The number of nitrogens with zero attached hydrogens (tertiary/aromatic N) is 2. The van der Waals surface area contributed by atoms with E-state index in [0.29, 0.717) is 11.6 Å². The highest BCUT2D eigenvalue weighted by Crippen LogP contribution is 2.22. The molecule has 2 amide bonds. The topological polar surface area (TPSA) is 86.8 Å². The maximum atomic E-state index is 13.4. The van der Waals surface area contributed by atoms with Crippen molar-refractivity contribution in [3.63, 3.8) is 0 Å². The smallest absolute Gasteiger partial charge is 0.243 e. The Morgan fingerprint density at radius 1 is 0.944 bits per heavy atom. The van der Waals surface area contributed by atoms with Crippen molar-refractivity contribution in [2.24, 2.45) is 5.92 Å². The number of amides is 2. The Kier molecular flexibility index (Phi) is 9.11. The van der Waals surface area contributed by atoms with E-state index in [2.05, 4.69) is 5.32 Å². The van der Waals surface area contributed by atoms with E-state index < -0.39 is 28.5 Å². The van der Waals surface area contributed by atoms with Crippen molar-refractivity contribution < 1.29 is 18.0 Å². The van der Waals surface area contributed by atoms with Gasteiger partial charge >= 0.3 is 0 Å². The van der Waals surface area contributed by atoms with Gasteiger partial charge in [0.15, 0.2) is 0 Å². The largest absolute Gasteiger partial charge is 0.354 e. The van der Waals surface area contributed by atoms with E-state index >= 15 is 0 Å². The Labute approximate surface area is 218 Å². The molecule has 192 valence electrons. The first-order valence-electron chi connectivity index (χ1n) is 11.8. The summed E-state index contributed by atoms with van der Waals surface area (Å²) in [6.07, 6.45) is 0. The fourth-order valence-corrected chi connectivity index (χ4v) is 5.11. The van der Waals surface area contributed by atoms with Crippen molar-refractivity contribution in [1.82, 2.24) is 14.5 Å². The molecule has 0 aromatic heterocycles. The third-order valence-electron chi connectivity index (χ3n) is 5.88. The van der Waals surface area contributed by atoms with E-state index in [1.165, 1.54) is 18.0 Å². The van der Waals surface area contributed by atoms with Crippen LogP contribution in [0.25, 0.3) is 10.8 Å². The molecule has 0 aliphatic rings. The summed E-state index contributed by atoms with van der Waals surface area (Å²) in [7, 11) is -2.58. The zero-order chi connectivity index (χ0) is 26.5. The van der Waals surface area contributed by atoms with Crippen LogP contribution in [0.5, 0.6) is 0 Å². The number of sulfonamides is 1. The van der Waals surface area contributed by atoms with Crippen LogP contribution in [0.3, 0.4) is 0 Å². The summed E-state index contributed by atoms with van der Waals surface area (Å²) in [6, 6.07) is 18.5. The lowest BCUT2D eigenvalue weighted by Crippen LogP contribution is -2.51. The van der Waals surface area contributed by atoms with Gasteiger partial charge in [-0.1, -0.05) is 67.9 Å². The van der Waals surface area contributed by atoms with Gasteiger partial charge in [-0.2, -0.15) is 4.31 Å². The SMILES string of the molecule is CC(C)CNC(=O)C(C)N(Cc1cccc(Cl)c1)C(=O)CN(C)S(=O)(=O)c1ccc2ccccc2c1. The minimum absolute atomic E-state index is 0.0978. The van der Waals surface area contributed by atoms with Crippen molar-refractivity contribution in [2.45, 2.75) is 38.3 Å². The molecule has 1 N–H and O–H groups in total. The van der Waals surface area contributed by atoms with Crippen LogP contribution in [0, 0.1) is 5.92 Å². The Morgan fingerprint density at radius 2 is 1.64 bits per heavy atom. The van der Waals surface area contributed by atoms with Crippen molar-refractivity contribution >= 4 is 44.2 Å². The van der Waals surface area contributed by atoms with Gasteiger partial charge in [0.05, 0.1) is 11.4 Å². The molecule has 0 heterocycles. The minimum Gasteiger partial charge on any atom is -0.354 e. The lowest BCUT2D eigenvalue weighted by Gasteiger charge is -2.30. The second kappa shape index (κ2) is 11.9. The van der Waals surface area contributed by atoms with Gasteiger partial charge in [-0.05, 0) is 53.4 Å². The summed E-state index contributed by atoms with van der Waals surface area (Å²) in [5.41, 5.74) is 0.736. The lowest BCUT2D eigenvalue weighted by molar-refractivity contribution is -0.140. The second-order valence-corrected chi connectivity index (χ2v) is 11.7. The first-order valence-corrected chi connectivity index (χ1v) is 13.6. The number of rotatable bonds is 10. The van der Waals surface area contributed by atoms with Gasteiger partial charge in [-0.15, -0.1) is 0 Å². The highest BCUT2D eigenvalue weighted by Gasteiger charge is 2.30. The predicted molar refractivity (Wildman–Crippen MR) is 143 cm³/mol. The molecule has 3 rings (SSSR count). The number of carbonyl (C=O) groups is 2. The normalized spacial score (nSPS) is 12.6. The highest BCUT2D eigenvalue weighted by molar-refractivity contribution is 7.89. The van der Waals surface area contributed by atoms with Crippen LogP contribution in [0.4, 0.5) is 0 Å². The quantitative estimate of drug-likeness (QED) is 0.424. The molecule has 0 saturated carbocycles. The van der Waals surface area contributed by atoms with Crippen LogP contribution >= 0.6 is 11.6 Å². The minimum atomic E-state index is -3.94. The average Bonchev–Trinajstić information content (AvgIpc) is 2.84. The summed E-state index contributed by atoms with van der Waals surface area (Å²) in [5.74, 6) is -0.551. The van der Waals surface area contributed by atoms with Crippen molar-refractivity contribution in [2.75, 3.05) is 20.1 Å². The average molecular weight is 530 g/mol. The first-order chi connectivity index (χ1) is 17.0. The van der Waals surface area contributed by atoms with Crippen LogP contribution in [-0.2, 0) is 26.2 Å². The molecule has 0 fully saturated rings. The number of carbonyl (C=O) groups excluding carboxylic acids is 2. The number of likely N-dealkylation sites (N-methyl/N-ethyl adjacent to an activating group) is 1. The summed E-state index contributed by atoms with van der Waals surface area (Å²) < 4.78 is 27.6. The zero-order valence-corrected chi connectivity index (χ0v) is 22.5. The summed E-state index contributed by atoms with van der Waals surface area (Å²) >= 11 is 6.12. The monoisotopic (exact) mass is 529 g/mol. The van der Waals surface area contributed by atoms with Gasteiger partial charge in [-0.25, -0.2) is 8.42 Å². The van der Waals surface area contributed by atoms with Gasteiger partial charge in [-0.3, -0.25) is 9.59 Å². The molecule has 36 heavy (non-hydrogen) atoms. The molecule has 1 atom stereocenters. The van der Waals surface area contributed by atoms with Crippen molar-refractivity contribution in [3.05, 3.63) is 77.3 Å². The summed E-state index contributed by atoms with van der Waals surface area (Å²) in [4.78, 5) is 27.7. The molecule has 3 aromatic carbocycles. The molecule has 0 bridgehead atoms. The van der Waals surface area contributed by atoms with Crippen LogP contribution in [0.15, 0.2) is 71.6 Å². The van der Waals surface area contributed by atoms with Gasteiger partial charge in [0.2, 0.25) is 21.8 Å². The molecule has 9 heteroatoms. The molecule has 0 spiro atoms. The fourth-order valence-electron chi connectivity index (χ4n) is 3.74. The standard InChI is InChI=1S/C27H32ClN3O4S/c1-19(2)16-29-27(33)20(3)31(17-21-8-7-11-24(28)14-21)26(32)18-30(4)36(34,35)25-13-12-22-9-5-6-10-23(22)15-25/h5-15,19-20H,16-18H2,1-4H3,(H,29,33). The lowest BCUT2D eigenvalue weighted by atomic mass is 10.1. The third kappa shape index (κ3) is 6.84. The van der Waals surface area contributed by atoms with Gasteiger partial charge in [0.1, 0.15) is 6.04 Å². The maximum Gasteiger partial charge on any atom is 0.243 e. The maximum absolute atomic E-state index is 13.4. The zero-order valence-electron chi connectivity index (χ0n) is 20.9. The molecule has 1 unspecified atom stereocenters. The van der Waals surface area contributed by atoms with E-state index in [4.69, 9.17) is 11.6 Å². The molecule has 0 aliphatic carbocycles. The first kappa shape index (κ1) is 27.6. The van der Waals surface area contributed by atoms with Gasteiger partial charge in [0, 0.05) is 25.2 Å². The van der Waals surface area contributed by atoms with E-state index in [-0.39, 0.29) is 23.3 Å². The third-order valence-corrected chi connectivity index (χ3v) is 7.92. The van der Waals surface area contributed by atoms with Gasteiger partial charge in [0.25, 0.3) is 0 Å². The van der Waals surface area contributed by atoms with Crippen LogP contribution in [-0.4, -0.2) is 55.6 Å². The number of halogens is 1. The molecule has 0 aliphatic heterocycles. The van der Waals surface area contributed by atoms with E-state index in [1.807, 2.05) is 38.1 Å². The number of nitrogens with one attached hydrogen (secondary N) is 1. The Hall–Kier alpha value is -2.94. The summed E-state index contributed by atoms with van der Waals surface area (Å²) in [5, 5.41) is 5.07. The summed E-state index contributed by atoms with van der Waals surface area (Å²) in [6.45, 7) is 5.75. The number of hydrogen-bond donors (Lipinski definition) is 1. The Bertz CT molecular complexity index is 1340. The van der Waals surface area contributed by atoms with E-state index in [9.17, 15) is 18.0 Å². The second-order valence-electron chi connectivity index (χ2n) is 9.24. The highest BCUT2D eigenvalue weighted by atomic mass is 35.5. The predicted octanol–water partition coefficient (Wildman–Crippen LogP) is 4.30. The van der Waals surface area contributed by atoms with Crippen molar-refractivity contribution in [3.8, 4) is 0 Å².